The Labute approximate surface area is 181 Å². The Balaban J connectivity index is 1.50. The number of benzene rings is 2. The van der Waals surface area contributed by atoms with Crippen molar-refractivity contribution in [3.8, 4) is 5.75 Å². The number of hydrogen-bond acceptors (Lipinski definition) is 5. The highest BCUT2D eigenvalue weighted by atomic mass is 16.6. The van der Waals surface area contributed by atoms with Crippen molar-refractivity contribution < 1.29 is 23.9 Å². The predicted molar refractivity (Wildman–Crippen MR) is 115 cm³/mol. The van der Waals surface area contributed by atoms with E-state index >= 15 is 0 Å². The number of carbonyl (C=O) groups is 3. The Bertz CT molecular complexity index is 980. The number of amides is 3. The number of carbonyl (C=O) groups excluding carboxylic acids is 3. The van der Waals surface area contributed by atoms with E-state index in [9.17, 15) is 14.4 Å². The molecule has 0 aromatic heterocycles. The highest BCUT2D eigenvalue weighted by molar-refractivity contribution is 6.02. The summed E-state index contributed by atoms with van der Waals surface area (Å²) in [6.07, 6.45) is 1.65. The highest BCUT2D eigenvalue weighted by Gasteiger charge is 2.28. The fraction of sp³-hybridized carbons (Fsp3) is 0.435. The number of ether oxygens (including phenoxy) is 2. The van der Waals surface area contributed by atoms with Crippen molar-refractivity contribution in [2.75, 3.05) is 39.4 Å². The zero-order valence-electron chi connectivity index (χ0n) is 17.6. The van der Waals surface area contributed by atoms with E-state index < -0.39 is 0 Å². The standard InChI is InChI=1S/C23H27N3O5/c1-2-30-23(29)26-11-9-25(10-12-26)22(28)19-13-16-5-3-4-6-17(16)14-20(19)31-15-21(27)24-18-7-8-18/h3-6,13-14,18H,2,7-12,15H2,1H3,(H,24,27). The zero-order chi connectivity index (χ0) is 21.8. The molecule has 2 aromatic rings. The predicted octanol–water partition coefficient (Wildman–Crippen LogP) is 2.41. The minimum absolute atomic E-state index is 0.133. The second kappa shape index (κ2) is 9.24. The van der Waals surface area contributed by atoms with Gasteiger partial charge in [-0.05, 0) is 42.7 Å². The van der Waals surface area contributed by atoms with Crippen molar-refractivity contribution in [1.82, 2.24) is 15.1 Å². The van der Waals surface area contributed by atoms with Crippen LogP contribution in [0.15, 0.2) is 36.4 Å². The molecule has 2 aliphatic rings. The molecule has 31 heavy (non-hydrogen) atoms. The van der Waals surface area contributed by atoms with E-state index in [4.69, 9.17) is 9.47 Å². The van der Waals surface area contributed by atoms with Gasteiger partial charge < -0.3 is 24.6 Å². The quantitative estimate of drug-likeness (QED) is 0.768. The van der Waals surface area contributed by atoms with Crippen molar-refractivity contribution in [2.24, 2.45) is 0 Å². The first kappa shape index (κ1) is 21.0. The summed E-state index contributed by atoms with van der Waals surface area (Å²) in [6.45, 7) is 3.61. The molecule has 4 rings (SSSR count). The van der Waals surface area contributed by atoms with E-state index in [0.29, 0.717) is 44.1 Å². The maximum Gasteiger partial charge on any atom is 0.409 e. The first-order chi connectivity index (χ1) is 15.0. The van der Waals surface area contributed by atoms with Gasteiger partial charge in [0.1, 0.15) is 5.75 Å². The molecule has 0 bridgehead atoms. The van der Waals surface area contributed by atoms with Crippen molar-refractivity contribution in [1.29, 1.82) is 0 Å². The number of rotatable bonds is 6. The molecule has 2 fully saturated rings. The lowest BCUT2D eigenvalue weighted by molar-refractivity contribution is -0.123. The fourth-order valence-electron chi connectivity index (χ4n) is 3.62. The Morgan fingerprint density at radius 2 is 1.65 bits per heavy atom. The van der Waals surface area contributed by atoms with Crippen molar-refractivity contribution in [3.05, 3.63) is 42.0 Å². The van der Waals surface area contributed by atoms with E-state index in [0.717, 1.165) is 23.6 Å². The summed E-state index contributed by atoms with van der Waals surface area (Å²) in [5.41, 5.74) is 0.419. The van der Waals surface area contributed by atoms with Crippen molar-refractivity contribution >= 4 is 28.7 Å². The van der Waals surface area contributed by atoms with Gasteiger partial charge >= 0.3 is 6.09 Å². The number of nitrogens with zero attached hydrogens (tertiary/aromatic N) is 2. The molecular weight excluding hydrogens is 398 g/mol. The molecule has 1 saturated heterocycles. The fourth-order valence-corrected chi connectivity index (χ4v) is 3.62. The smallest absolute Gasteiger partial charge is 0.409 e. The number of hydrogen-bond donors (Lipinski definition) is 1. The summed E-state index contributed by atoms with van der Waals surface area (Å²) in [6, 6.07) is 11.6. The summed E-state index contributed by atoms with van der Waals surface area (Å²) in [5, 5.41) is 4.75. The van der Waals surface area contributed by atoms with Crippen LogP contribution in [0.3, 0.4) is 0 Å². The van der Waals surface area contributed by atoms with Crippen molar-refractivity contribution in [3.63, 3.8) is 0 Å². The first-order valence-corrected chi connectivity index (χ1v) is 10.7. The lowest BCUT2D eigenvalue weighted by Gasteiger charge is -2.34. The third kappa shape index (κ3) is 5.07. The van der Waals surface area contributed by atoms with Gasteiger partial charge in [-0.25, -0.2) is 4.79 Å². The van der Waals surface area contributed by atoms with Crippen LogP contribution in [0.4, 0.5) is 4.79 Å². The maximum absolute atomic E-state index is 13.3. The monoisotopic (exact) mass is 425 g/mol. The highest BCUT2D eigenvalue weighted by Crippen LogP contribution is 2.28. The van der Waals surface area contributed by atoms with Gasteiger partial charge in [-0.15, -0.1) is 0 Å². The van der Waals surface area contributed by atoms with Crippen LogP contribution in [0, 0.1) is 0 Å². The second-order valence-corrected chi connectivity index (χ2v) is 7.80. The average molecular weight is 425 g/mol. The van der Waals surface area contributed by atoms with E-state index in [1.165, 1.54) is 0 Å². The Kier molecular flexibility index (Phi) is 6.25. The normalized spacial score (nSPS) is 16.2. The molecule has 0 spiro atoms. The Morgan fingerprint density at radius 3 is 2.29 bits per heavy atom. The second-order valence-electron chi connectivity index (χ2n) is 7.80. The van der Waals surface area contributed by atoms with Gasteiger partial charge in [-0.3, -0.25) is 9.59 Å². The van der Waals surface area contributed by atoms with Gasteiger partial charge in [0.25, 0.3) is 11.8 Å². The minimum atomic E-state index is -0.356. The number of piperazine rings is 1. The molecule has 1 aliphatic heterocycles. The lowest BCUT2D eigenvalue weighted by atomic mass is 10.0. The summed E-state index contributed by atoms with van der Waals surface area (Å²) < 4.78 is 10.8. The van der Waals surface area contributed by atoms with Gasteiger partial charge in [-0.2, -0.15) is 0 Å². The third-order valence-electron chi connectivity index (χ3n) is 5.47. The molecule has 0 unspecified atom stereocenters. The van der Waals surface area contributed by atoms with Crippen LogP contribution in [0.1, 0.15) is 30.1 Å². The molecular formula is C23H27N3O5. The summed E-state index contributed by atoms with van der Waals surface area (Å²) in [5.74, 6) is 0.0337. The Hall–Kier alpha value is -3.29. The molecule has 3 amide bonds. The van der Waals surface area contributed by atoms with E-state index in [-0.39, 0.29) is 30.6 Å². The van der Waals surface area contributed by atoms with Gasteiger partial charge in [0.15, 0.2) is 6.61 Å². The first-order valence-electron chi connectivity index (χ1n) is 10.7. The van der Waals surface area contributed by atoms with Gasteiger partial charge in [0.05, 0.1) is 12.2 Å². The lowest BCUT2D eigenvalue weighted by Crippen LogP contribution is -2.50. The van der Waals surface area contributed by atoms with E-state index in [2.05, 4.69) is 5.32 Å². The summed E-state index contributed by atoms with van der Waals surface area (Å²) >= 11 is 0. The molecule has 1 aliphatic carbocycles. The number of nitrogens with one attached hydrogen (secondary N) is 1. The Morgan fingerprint density at radius 1 is 1.00 bits per heavy atom. The van der Waals surface area contributed by atoms with Crippen LogP contribution < -0.4 is 10.1 Å². The van der Waals surface area contributed by atoms with Crippen LogP contribution >= 0.6 is 0 Å². The third-order valence-corrected chi connectivity index (χ3v) is 5.47. The molecule has 2 aromatic carbocycles. The molecule has 1 saturated carbocycles. The molecule has 8 nitrogen and oxygen atoms in total. The van der Waals surface area contributed by atoms with E-state index in [1.54, 1.807) is 16.7 Å². The van der Waals surface area contributed by atoms with Crippen LogP contribution in [-0.2, 0) is 9.53 Å². The van der Waals surface area contributed by atoms with Crippen LogP contribution in [0.25, 0.3) is 10.8 Å². The van der Waals surface area contributed by atoms with Crippen LogP contribution in [0.2, 0.25) is 0 Å². The molecule has 1 N–H and O–H groups in total. The average Bonchev–Trinajstić information content (AvgIpc) is 3.60. The van der Waals surface area contributed by atoms with E-state index in [1.807, 2.05) is 36.4 Å². The SMILES string of the molecule is CCOC(=O)N1CCN(C(=O)c2cc3ccccc3cc2OCC(=O)NC2CC2)CC1. The van der Waals surface area contributed by atoms with Crippen LogP contribution in [-0.4, -0.2) is 73.1 Å². The van der Waals surface area contributed by atoms with Gasteiger partial charge in [0.2, 0.25) is 0 Å². The molecule has 164 valence electrons. The largest absolute Gasteiger partial charge is 0.483 e. The number of fused-ring (bicyclic) bond motifs is 1. The maximum atomic E-state index is 13.3. The zero-order valence-corrected chi connectivity index (χ0v) is 17.6. The molecule has 1 heterocycles. The molecule has 0 radical (unpaired) electrons. The van der Waals surface area contributed by atoms with Gasteiger partial charge in [-0.1, -0.05) is 24.3 Å². The summed E-state index contributed by atoms with van der Waals surface area (Å²) in [7, 11) is 0. The van der Waals surface area contributed by atoms with Crippen molar-refractivity contribution in [2.45, 2.75) is 25.8 Å². The molecule has 0 atom stereocenters. The minimum Gasteiger partial charge on any atom is -0.483 e. The molecule has 8 heteroatoms. The van der Waals surface area contributed by atoms with Gasteiger partial charge in [0, 0.05) is 32.2 Å². The summed E-state index contributed by atoms with van der Waals surface area (Å²) in [4.78, 5) is 40.6. The van der Waals surface area contributed by atoms with Crippen LogP contribution in [0.5, 0.6) is 5.75 Å². The topological polar surface area (TPSA) is 88.2 Å².